The van der Waals surface area contributed by atoms with Crippen LogP contribution in [0.15, 0.2) is 0 Å². The number of nitrogens with zero attached hydrogens (tertiary/aromatic N) is 1. The second kappa shape index (κ2) is 5.17. The average molecular weight is 224 g/mol. The van der Waals surface area contributed by atoms with Crippen LogP contribution in [0.2, 0.25) is 0 Å². The molecule has 1 unspecified atom stereocenters. The van der Waals surface area contributed by atoms with Crippen molar-refractivity contribution in [1.29, 1.82) is 0 Å². The maximum atomic E-state index is 12.2. The quantitative estimate of drug-likeness (QED) is 0.715. The third-order valence-electron chi connectivity index (χ3n) is 3.41. The molecule has 3 heteroatoms. The smallest absolute Gasteiger partial charge is 0.239 e. The van der Waals surface area contributed by atoms with Gasteiger partial charge in [0.1, 0.15) is 0 Å². The SMILES string of the molecule is CCCN(CC1CC1)C(=O)C(C)NC1CC1. The lowest BCUT2D eigenvalue weighted by molar-refractivity contribution is -0.133. The van der Waals surface area contributed by atoms with Crippen molar-refractivity contribution in [3.05, 3.63) is 0 Å². The first-order chi connectivity index (χ1) is 7.70. The zero-order valence-corrected chi connectivity index (χ0v) is 10.5. The van der Waals surface area contributed by atoms with Gasteiger partial charge in [0.2, 0.25) is 5.91 Å². The van der Waals surface area contributed by atoms with Gasteiger partial charge in [0.15, 0.2) is 0 Å². The van der Waals surface area contributed by atoms with E-state index in [1.165, 1.54) is 25.7 Å². The van der Waals surface area contributed by atoms with E-state index < -0.39 is 0 Å². The van der Waals surface area contributed by atoms with E-state index in [9.17, 15) is 4.79 Å². The third kappa shape index (κ3) is 3.48. The number of carbonyl (C=O) groups is 1. The topological polar surface area (TPSA) is 32.3 Å². The highest BCUT2D eigenvalue weighted by atomic mass is 16.2. The van der Waals surface area contributed by atoms with Gasteiger partial charge in [0.25, 0.3) is 0 Å². The first-order valence-electron chi connectivity index (χ1n) is 6.75. The molecule has 2 aliphatic rings. The summed E-state index contributed by atoms with van der Waals surface area (Å²) in [5.41, 5.74) is 0. The Morgan fingerprint density at radius 1 is 1.38 bits per heavy atom. The summed E-state index contributed by atoms with van der Waals surface area (Å²) < 4.78 is 0. The Balaban J connectivity index is 1.80. The molecule has 0 spiro atoms. The predicted molar refractivity (Wildman–Crippen MR) is 65.2 cm³/mol. The molecule has 0 radical (unpaired) electrons. The van der Waals surface area contributed by atoms with E-state index in [1.54, 1.807) is 0 Å². The second-order valence-electron chi connectivity index (χ2n) is 5.39. The van der Waals surface area contributed by atoms with E-state index in [4.69, 9.17) is 0 Å². The van der Waals surface area contributed by atoms with E-state index in [1.807, 2.05) is 6.92 Å². The van der Waals surface area contributed by atoms with Gasteiger partial charge < -0.3 is 10.2 Å². The standard InChI is InChI=1S/C13H24N2O/c1-3-8-15(9-11-4-5-11)13(16)10(2)14-12-6-7-12/h10-12,14H,3-9H2,1-2H3. The molecule has 0 saturated heterocycles. The van der Waals surface area contributed by atoms with Gasteiger partial charge in [-0.3, -0.25) is 4.79 Å². The number of rotatable bonds is 7. The molecule has 1 N–H and O–H groups in total. The van der Waals surface area contributed by atoms with Crippen LogP contribution < -0.4 is 5.32 Å². The van der Waals surface area contributed by atoms with Crippen molar-refractivity contribution in [3.8, 4) is 0 Å². The van der Waals surface area contributed by atoms with Gasteiger partial charge in [-0.05, 0) is 44.9 Å². The normalized spacial score (nSPS) is 21.9. The molecule has 0 aromatic rings. The van der Waals surface area contributed by atoms with E-state index in [2.05, 4.69) is 17.1 Å². The number of hydrogen-bond donors (Lipinski definition) is 1. The maximum Gasteiger partial charge on any atom is 0.239 e. The Morgan fingerprint density at radius 3 is 2.56 bits per heavy atom. The molecule has 16 heavy (non-hydrogen) atoms. The van der Waals surface area contributed by atoms with Crippen LogP contribution >= 0.6 is 0 Å². The molecule has 2 fully saturated rings. The van der Waals surface area contributed by atoms with Crippen LogP contribution in [0.1, 0.15) is 46.0 Å². The van der Waals surface area contributed by atoms with Crippen LogP contribution in [0.3, 0.4) is 0 Å². The summed E-state index contributed by atoms with van der Waals surface area (Å²) in [6.45, 7) is 6.07. The van der Waals surface area contributed by atoms with Crippen LogP contribution in [0.25, 0.3) is 0 Å². The first-order valence-corrected chi connectivity index (χ1v) is 6.75. The van der Waals surface area contributed by atoms with Gasteiger partial charge in [-0.25, -0.2) is 0 Å². The van der Waals surface area contributed by atoms with Crippen molar-refractivity contribution in [2.24, 2.45) is 5.92 Å². The van der Waals surface area contributed by atoms with Gasteiger partial charge >= 0.3 is 0 Å². The summed E-state index contributed by atoms with van der Waals surface area (Å²) in [4.78, 5) is 14.3. The lowest BCUT2D eigenvalue weighted by Gasteiger charge is -2.26. The molecule has 3 nitrogen and oxygen atoms in total. The summed E-state index contributed by atoms with van der Waals surface area (Å²) in [5.74, 6) is 1.10. The monoisotopic (exact) mass is 224 g/mol. The molecule has 0 aromatic heterocycles. The minimum Gasteiger partial charge on any atom is -0.341 e. The van der Waals surface area contributed by atoms with E-state index in [0.29, 0.717) is 11.9 Å². The molecular formula is C13H24N2O. The Labute approximate surface area is 98.6 Å². The Morgan fingerprint density at radius 2 is 2.06 bits per heavy atom. The molecule has 2 rings (SSSR count). The molecular weight excluding hydrogens is 200 g/mol. The fraction of sp³-hybridized carbons (Fsp3) is 0.923. The van der Waals surface area contributed by atoms with Crippen LogP contribution in [0.4, 0.5) is 0 Å². The fourth-order valence-electron chi connectivity index (χ4n) is 2.12. The Hall–Kier alpha value is -0.570. The van der Waals surface area contributed by atoms with E-state index in [-0.39, 0.29) is 6.04 Å². The van der Waals surface area contributed by atoms with Crippen molar-refractivity contribution in [2.75, 3.05) is 13.1 Å². The average Bonchev–Trinajstić information content (AvgIpc) is 3.10. The molecule has 0 heterocycles. The molecule has 2 saturated carbocycles. The molecule has 0 aromatic carbocycles. The van der Waals surface area contributed by atoms with Crippen LogP contribution in [0, 0.1) is 5.92 Å². The first kappa shape index (κ1) is 11.9. The van der Waals surface area contributed by atoms with E-state index >= 15 is 0 Å². The Kier molecular flexibility index (Phi) is 3.85. The van der Waals surface area contributed by atoms with Crippen molar-refractivity contribution in [3.63, 3.8) is 0 Å². The minimum absolute atomic E-state index is 0.0119. The molecule has 1 amide bonds. The molecule has 92 valence electrons. The predicted octanol–water partition coefficient (Wildman–Crippen LogP) is 1.78. The minimum atomic E-state index is 0.0119. The summed E-state index contributed by atoms with van der Waals surface area (Å²) in [6, 6.07) is 0.626. The number of hydrogen-bond acceptors (Lipinski definition) is 2. The number of amides is 1. The maximum absolute atomic E-state index is 12.2. The van der Waals surface area contributed by atoms with Crippen LogP contribution in [-0.2, 0) is 4.79 Å². The fourth-order valence-corrected chi connectivity index (χ4v) is 2.12. The lowest BCUT2D eigenvalue weighted by atomic mass is 10.2. The largest absolute Gasteiger partial charge is 0.341 e. The number of carbonyl (C=O) groups excluding carboxylic acids is 1. The van der Waals surface area contributed by atoms with Crippen molar-refractivity contribution < 1.29 is 4.79 Å². The lowest BCUT2D eigenvalue weighted by Crippen LogP contribution is -2.46. The van der Waals surface area contributed by atoms with Gasteiger partial charge in [0.05, 0.1) is 6.04 Å². The highest BCUT2D eigenvalue weighted by Gasteiger charge is 2.31. The van der Waals surface area contributed by atoms with Gasteiger partial charge in [0, 0.05) is 19.1 Å². The van der Waals surface area contributed by atoms with Crippen LogP contribution in [0.5, 0.6) is 0 Å². The van der Waals surface area contributed by atoms with Gasteiger partial charge in [-0.1, -0.05) is 6.92 Å². The number of nitrogens with one attached hydrogen (secondary N) is 1. The van der Waals surface area contributed by atoms with Gasteiger partial charge in [-0.2, -0.15) is 0 Å². The zero-order chi connectivity index (χ0) is 11.5. The highest BCUT2D eigenvalue weighted by Crippen LogP contribution is 2.30. The third-order valence-corrected chi connectivity index (χ3v) is 3.41. The van der Waals surface area contributed by atoms with Crippen molar-refractivity contribution in [2.45, 2.75) is 58.0 Å². The van der Waals surface area contributed by atoms with E-state index in [0.717, 1.165) is 25.4 Å². The molecule has 2 aliphatic carbocycles. The summed E-state index contributed by atoms with van der Waals surface area (Å²) in [5, 5.41) is 3.39. The zero-order valence-electron chi connectivity index (χ0n) is 10.5. The van der Waals surface area contributed by atoms with Crippen LogP contribution in [-0.4, -0.2) is 36.0 Å². The van der Waals surface area contributed by atoms with Crippen molar-refractivity contribution >= 4 is 5.91 Å². The van der Waals surface area contributed by atoms with Gasteiger partial charge in [-0.15, -0.1) is 0 Å². The molecule has 0 bridgehead atoms. The molecule has 0 aliphatic heterocycles. The summed E-state index contributed by atoms with van der Waals surface area (Å²) in [7, 11) is 0. The molecule has 1 atom stereocenters. The highest BCUT2D eigenvalue weighted by molar-refractivity contribution is 5.81. The Bertz CT molecular complexity index is 246. The summed E-state index contributed by atoms with van der Waals surface area (Å²) in [6.07, 6.45) is 6.19. The van der Waals surface area contributed by atoms with Crippen molar-refractivity contribution in [1.82, 2.24) is 10.2 Å². The summed E-state index contributed by atoms with van der Waals surface area (Å²) >= 11 is 0. The second-order valence-corrected chi connectivity index (χ2v) is 5.39.